The predicted molar refractivity (Wildman–Crippen MR) is 108 cm³/mol. The van der Waals surface area contributed by atoms with Gasteiger partial charge in [-0.1, -0.05) is 32.0 Å². The molecule has 0 bridgehead atoms. The van der Waals surface area contributed by atoms with Crippen LogP contribution in [0, 0.1) is 11.8 Å². The monoisotopic (exact) mass is 381 g/mol. The topological polar surface area (TPSA) is 61.4 Å². The second kappa shape index (κ2) is 11.2. The van der Waals surface area contributed by atoms with Gasteiger partial charge in [-0.05, 0) is 56.8 Å². The largest absolute Gasteiger partial charge is 0.341 e. The fourth-order valence-electron chi connectivity index (χ4n) is 3.31. The fraction of sp³-hybridized carbons (Fsp3) is 0.600. The highest BCUT2D eigenvalue weighted by Gasteiger charge is 2.31. The molecule has 1 saturated heterocycles. The molecule has 0 radical (unpaired) electrons. The van der Waals surface area contributed by atoms with E-state index in [0.29, 0.717) is 11.5 Å². The summed E-state index contributed by atoms with van der Waals surface area (Å²) in [7, 11) is 1.97. The Morgan fingerprint density at radius 2 is 1.77 bits per heavy atom. The van der Waals surface area contributed by atoms with Crippen LogP contribution in [0.3, 0.4) is 0 Å². The second-order valence-corrected chi connectivity index (χ2v) is 7.22. The zero-order chi connectivity index (χ0) is 18.2. The van der Waals surface area contributed by atoms with Crippen molar-refractivity contribution in [3.8, 4) is 0 Å². The van der Waals surface area contributed by atoms with E-state index in [0.717, 1.165) is 38.9 Å². The highest BCUT2D eigenvalue weighted by atomic mass is 35.5. The minimum atomic E-state index is -0.471. The van der Waals surface area contributed by atoms with Gasteiger partial charge in [0.15, 0.2) is 0 Å². The molecule has 2 N–H and O–H groups in total. The van der Waals surface area contributed by atoms with Gasteiger partial charge in [-0.2, -0.15) is 0 Å². The highest BCUT2D eigenvalue weighted by molar-refractivity contribution is 5.97. The van der Waals surface area contributed by atoms with Gasteiger partial charge in [-0.15, -0.1) is 12.4 Å². The lowest BCUT2D eigenvalue weighted by Gasteiger charge is -2.35. The Kier molecular flexibility index (Phi) is 9.66. The van der Waals surface area contributed by atoms with Gasteiger partial charge < -0.3 is 15.5 Å². The van der Waals surface area contributed by atoms with Crippen LogP contribution in [0.5, 0.6) is 0 Å². The zero-order valence-corrected chi connectivity index (χ0v) is 16.8. The maximum atomic E-state index is 12.9. The second-order valence-electron chi connectivity index (χ2n) is 7.22. The lowest BCUT2D eigenvalue weighted by atomic mass is 9.92. The molecule has 1 aromatic carbocycles. The summed E-state index contributed by atoms with van der Waals surface area (Å²) < 4.78 is 0. The average Bonchev–Trinajstić information content (AvgIpc) is 2.64. The standard InChI is InChI=1S/C20H31N3O2.ClH/c1-15(2)18(22-19(24)17-7-5-4-6-8-17)20(25)23-13-10-16(11-14-23)9-12-21-3;/h4-8,15-16,18,21H,9-14H2,1-3H3,(H,22,24);1H. The third kappa shape index (κ3) is 6.29. The van der Waals surface area contributed by atoms with Crippen molar-refractivity contribution < 1.29 is 9.59 Å². The van der Waals surface area contributed by atoms with Crippen LogP contribution < -0.4 is 10.6 Å². The molecule has 1 aliphatic heterocycles. The Balaban J connectivity index is 0.00000338. The van der Waals surface area contributed by atoms with Crippen molar-refractivity contribution in [2.24, 2.45) is 11.8 Å². The maximum absolute atomic E-state index is 12.9. The number of hydrogen-bond acceptors (Lipinski definition) is 3. The van der Waals surface area contributed by atoms with Crippen LogP contribution in [0.4, 0.5) is 0 Å². The van der Waals surface area contributed by atoms with Crippen molar-refractivity contribution in [1.82, 2.24) is 15.5 Å². The Bertz CT molecular complexity index is 557. The van der Waals surface area contributed by atoms with E-state index >= 15 is 0 Å². The number of nitrogens with one attached hydrogen (secondary N) is 2. The first kappa shape index (κ1) is 22.5. The number of nitrogens with zero attached hydrogens (tertiary/aromatic N) is 1. The summed E-state index contributed by atoms with van der Waals surface area (Å²) in [6.07, 6.45) is 3.26. The maximum Gasteiger partial charge on any atom is 0.251 e. The van der Waals surface area contributed by atoms with Gasteiger partial charge in [0.05, 0.1) is 0 Å². The van der Waals surface area contributed by atoms with Crippen LogP contribution in [-0.2, 0) is 4.79 Å². The van der Waals surface area contributed by atoms with Gasteiger partial charge in [0.1, 0.15) is 6.04 Å². The molecule has 0 aromatic heterocycles. The summed E-state index contributed by atoms with van der Waals surface area (Å²) in [5.41, 5.74) is 0.590. The molecule has 0 saturated carbocycles. The average molecular weight is 382 g/mol. The quantitative estimate of drug-likeness (QED) is 0.763. The van der Waals surface area contributed by atoms with E-state index in [2.05, 4.69) is 10.6 Å². The molecule has 1 aromatic rings. The van der Waals surface area contributed by atoms with Gasteiger partial charge in [0, 0.05) is 18.7 Å². The van der Waals surface area contributed by atoms with Gasteiger partial charge >= 0.3 is 0 Å². The van der Waals surface area contributed by atoms with Crippen molar-refractivity contribution in [2.75, 3.05) is 26.7 Å². The summed E-state index contributed by atoms with van der Waals surface area (Å²) in [4.78, 5) is 27.3. The molecular formula is C20H32ClN3O2. The molecule has 6 heteroatoms. The predicted octanol–water partition coefficient (Wildman–Crippen LogP) is 2.71. The van der Waals surface area contributed by atoms with Crippen molar-refractivity contribution in [3.05, 3.63) is 35.9 Å². The van der Waals surface area contributed by atoms with Crippen LogP contribution in [-0.4, -0.2) is 49.4 Å². The van der Waals surface area contributed by atoms with Crippen molar-refractivity contribution >= 4 is 24.2 Å². The zero-order valence-electron chi connectivity index (χ0n) is 16.0. The van der Waals surface area contributed by atoms with Crippen molar-refractivity contribution in [2.45, 2.75) is 39.2 Å². The third-order valence-corrected chi connectivity index (χ3v) is 4.98. The normalized spacial score (nSPS) is 16.1. The lowest BCUT2D eigenvalue weighted by Crippen LogP contribution is -2.53. The first-order valence-electron chi connectivity index (χ1n) is 9.32. The molecule has 1 aliphatic rings. The van der Waals surface area contributed by atoms with Gasteiger partial charge in [0.2, 0.25) is 5.91 Å². The number of carbonyl (C=O) groups excluding carboxylic acids is 2. The number of amides is 2. The summed E-state index contributed by atoms with van der Waals surface area (Å²) in [6, 6.07) is 8.60. The molecule has 1 unspecified atom stereocenters. The van der Waals surface area contributed by atoms with E-state index in [1.807, 2.05) is 44.0 Å². The van der Waals surface area contributed by atoms with Crippen LogP contribution in [0.25, 0.3) is 0 Å². The van der Waals surface area contributed by atoms with E-state index in [-0.39, 0.29) is 30.1 Å². The summed E-state index contributed by atoms with van der Waals surface area (Å²) >= 11 is 0. The van der Waals surface area contributed by atoms with Crippen LogP contribution in [0.15, 0.2) is 30.3 Å². The molecule has 2 amide bonds. The summed E-state index contributed by atoms with van der Waals surface area (Å²) in [6.45, 7) is 6.57. The number of piperidine rings is 1. The number of rotatable bonds is 7. The van der Waals surface area contributed by atoms with E-state index in [1.165, 1.54) is 0 Å². The highest BCUT2D eigenvalue weighted by Crippen LogP contribution is 2.21. The molecule has 5 nitrogen and oxygen atoms in total. The van der Waals surface area contributed by atoms with E-state index < -0.39 is 6.04 Å². The Morgan fingerprint density at radius 1 is 1.15 bits per heavy atom. The molecular weight excluding hydrogens is 350 g/mol. The number of benzene rings is 1. The lowest BCUT2D eigenvalue weighted by molar-refractivity contribution is -0.135. The molecule has 1 heterocycles. The van der Waals surface area contributed by atoms with Gasteiger partial charge in [0.25, 0.3) is 5.91 Å². The fourth-order valence-corrected chi connectivity index (χ4v) is 3.31. The third-order valence-electron chi connectivity index (χ3n) is 4.98. The molecule has 1 atom stereocenters. The van der Waals surface area contributed by atoms with Crippen LogP contribution >= 0.6 is 12.4 Å². The summed E-state index contributed by atoms with van der Waals surface area (Å²) in [5, 5.41) is 6.13. The van der Waals surface area contributed by atoms with Gasteiger partial charge in [-0.3, -0.25) is 9.59 Å². The van der Waals surface area contributed by atoms with Crippen LogP contribution in [0.2, 0.25) is 0 Å². The molecule has 1 fully saturated rings. The van der Waals surface area contributed by atoms with Crippen molar-refractivity contribution in [1.29, 1.82) is 0 Å². The number of hydrogen-bond donors (Lipinski definition) is 2. The van der Waals surface area contributed by atoms with Crippen molar-refractivity contribution in [3.63, 3.8) is 0 Å². The van der Waals surface area contributed by atoms with E-state index in [4.69, 9.17) is 0 Å². The molecule has 146 valence electrons. The Hall–Kier alpha value is -1.59. The van der Waals surface area contributed by atoms with Gasteiger partial charge in [-0.25, -0.2) is 0 Å². The summed E-state index contributed by atoms with van der Waals surface area (Å²) in [5.74, 6) is 0.609. The molecule has 2 rings (SSSR count). The first-order chi connectivity index (χ1) is 12.0. The number of halogens is 1. The number of likely N-dealkylation sites (tertiary alicyclic amines) is 1. The minimum Gasteiger partial charge on any atom is -0.341 e. The molecule has 26 heavy (non-hydrogen) atoms. The smallest absolute Gasteiger partial charge is 0.251 e. The molecule has 0 spiro atoms. The van der Waals surface area contributed by atoms with E-state index in [9.17, 15) is 9.59 Å². The van der Waals surface area contributed by atoms with Crippen LogP contribution in [0.1, 0.15) is 43.5 Å². The first-order valence-corrected chi connectivity index (χ1v) is 9.32. The SMILES string of the molecule is CNCCC1CCN(C(=O)C(NC(=O)c2ccccc2)C(C)C)CC1.Cl. The Morgan fingerprint density at radius 3 is 2.31 bits per heavy atom. The Labute approximate surface area is 163 Å². The molecule has 0 aliphatic carbocycles. The minimum absolute atomic E-state index is 0. The van der Waals surface area contributed by atoms with E-state index in [1.54, 1.807) is 12.1 Å². The number of carbonyl (C=O) groups is 2.